The van der Waals surface area contributed by atoms with Gasteiger partial charge in [0, 0.05) is 18.0 Å². The lowest BCUT2D eigenvalue weighted by Crippen LogP contribution is -2.26. The molecule has 8 nitrogen and oxygen atoms in total. The summed E-state index contributed by atoms with van der Waals surface area (Å²) in [7, 11) is -1.45. The van der Waals surface area contributed by atoms with E-state index >= 15 is 0 Å². The van der Waals surface area contributed by atoms with Crippen molar-refractivity contribution in [2.24, 2.45) is 0 Å². The van der Waals surface area contributed by atoms with Crippen molar-refractivity contribution in [3.63, 3.8) is 0 Å². The summed E-state index contributed by atoms with van der Waals surface area (Å²) >= 11 is 3.32. The van der Waals surface area contributed by atoms with Crippen LogP contribution in [0.25, 0.3) is 0 Å². The van der Waals surface area contributed by atoms with E-state index in [4.69, 9.17) is 14.3 Å². The number of aliphatic hydroxyl groups excluding tert-OH is 1. The van der Waals surface area contributed by atoms with Crippen LogP contribution in [0.2, 0.25) is 0 Å². The van der Waals surface area contributed by atoms with Crippen molar-refractivity contribution in [2.45, 2.75) is 31.0 Å². The highest BCUT2D eigenvalue weighted by molar-refractivity contribution is 9.10. The number of hydrogen-bond donors (Lipinski definition) is 3. The van der Waals surface area contributed by atoms with Crippen LogP contribution in [0.5, 0.6) is 11.6 Å². The predicted molar refractivity (Wildman–Crippen MR) is 103 cm³/mol. The summed E-state index contributed by atoms with van der Waals surface area (Å²) in [5.41, 5.74) is 0.603. The minimum absolute atomic E-state index is 0.277. The second-order valence-corrected chi connectivity index (χ2v) is 8.73. The first-order chi connectivity index (χ1) is 12.1. The van der Waals surface area contributed by atoms with Gasteiger partial charge in [0.15, 0.2) is 0 Å². The largest absolute Gasteiger partial charge is 0.495 e. The molecule has 1 aromatic carbocycles. The van der Waals surface area contributed by atoms with Crippen LogP contribution in [-0.2, 0) is 9.73 Å². The van der Waals surface area contributed by atoms with Crippen LogP contribution in [0, 0.1) is 4.78 Å². The monoisotopic (exact) mass is 444 g/mol. The van der Waals surface area contributed by atoms with Crippen LogP contribution in [-0.4, -0.2) is 44.9 Å². The fraction of sp³-hybridized carbons (Fsp3) is 0.375. The lowest BCUT2D eigenvalue weighted by molar-refractivity contribution is 0.0569. The first-order valence-corrected chi connectivity index (χ1v) is 10.4. The molecule has 0 saturated heterocycles. The van der Waals surface area contributed by atoms with E-state index in [0.29, 0.717) is 26.7 Å². The van der Waals surface area contributed by atoms with Gasteiger partial charge in [-0.3, -0.25) is 0 Å². The van der Waals surface area contributed by atoms with E-state index in [2.05, 4.69) is 31.2 Å². The molecule has 0 radical (unpaired) electrons. The molecule has 0 fully saturated rings. The molecule has 3 N–H and O–H groups in total. The minimum Gasteiger partial charge on any atom is -0.495 e. The lowest BCUT2D eigenvalue weighted by atomic mass is 10.3. The zero-order valence-electron chi connectivity index (χ0n) is 14.8. The van der Waals surface area contributed by atoms with Gasteiger partial charge in [-0.25, -0.2) is 14.0 Å². The Labute approximate surface area is 161 Å². The SMILES string of the molecule is COc1cc(Nc2ncc(Br)c(O[C@H](C)[C@@H](C)O)n2)ccc1S(C)(=N)=O. The molecule has 0 bridgehead atoms. The number of nitrogens with zero attached hydrogens (tertiary/aromatic N) is 2. The Bertz CT molecular complexity index is 890. The average molecular weight is 445 g/mol. The number of aromatic nitrogens is 2. The maximum atomic E-state index is 12.0. The second kappa shape index (κ2) is 8.19. The van der Waals surface area contributed by atoms with E-state index in [1.54, 1.807) is 32.0 Å². The average Bonchev–Trinajstić information content (AvgIpc) is 2.56. The molecule has 0 aliphatic rings. The molecule has 0 aliphatic carbocycles. The van der Waals surface area contributed by atoms with Gasteiger partial charge in [0.05, 0.1) is 38.5 Å². The molecule has 2 aromatic rings. The van der Waals surface area contributed by atoms with Crippen molar-refractivity contribution >= 4 is 37.3 Å². The number of ether oxygens (including phenoxy) is 2. The van der Waals surface area contributed by atoms with E-state index in [1.807, 2.05) is 0 Å². The Morgan fingerprint density at radius 2 is 2.08 bits per heavy atom. The maximum absolute atomic E-state index is 12.0. The molecule has 0 saturated carbocycles. The van der Waals surface area contributed by atoms with Gasteiger partial charge in [0.2, 0.25) is 11.8 Å². The van der Waals surface area contributed by atoms with Gasteiger partial charge in [-0.15, -0.1) is 0 Å². The Hall–Kier alpha value is -1.91. The van der Waals surface area contributed by atoms with E-state index in [-0.39, 0.29) is 5.95 Å². The van der Waals surface area contributed by atoms with Crippen molar-refractivity contribution in [3.8, 4) is 11.6 Å². The van der Waals surface area contributed by atoms with Gasteiger partial charge in [-0.05, 0) is 41.9 Å². The van der Waals surface area contributed by atoms with Crippen LogP contribution in [0.1, 0.15) is 13.8 Å². The Balaban J connectivity index is 2.28. The molecule has 2 rings (SSSR count). The normalized spacial score (nSPS) is 15.6. The molecule has 3 atom stereocenters. The number of benzene rings is 1. The van der Waals surface area contributed by atoms with E-state index in [0.717, 1.165) is 0 Å². The third kappa shape index (κ3) is 5.05. The fourth-order valence-electron chi connectivity index (χ4n) is 1.97. The van der Waals surface area contributed by atoms with E-state index < -0.39 is 21.9 Å². The zero-order chi connectivity index (χ0) is 19.5. The van der Waals surface area contributed by atoms with Gasteiger partial charge in [0.1, 0.15) is 11.9 Å². The molecule has 0 spiro atoms. The molecular formula is C16H21BrN4O4S. The van der Waals surface area contributed by atoms with Crippen molar-refractivity contribution in [1.82, 2.24) is 9.97 Å². The quantitative estimate of drug-likeness (QED) is 0.599. The highest BCUT2D eigenvalue weighted by Gasteiger charge is 2.16. The summed E-state index contributed by atoms with van der Waals surface area (Å²) in [5.74, 6) is 0.912. The Morgan fingerprint density at radius 3 is 2.65 bits per heavy atom. The first-order valence-electron chi connectivity index (χ1n) is 7.68. The van der Waals surface area contributed by atoms with Gasteiger partial charge in [-0.1, -0.05) is 0 Å². The maximum Gasteiger partial charge on any atom is 0.233 e. The molecular weight excluding hydrogens is 424 g/mol. The van der Waals surface area contributed by atoms with Gasteiger partial charge < -0.3 is 19.9 Å². The molecule has 10 heteroatoms. The Kier molecular flexibility index (Phi) is 6.43. The number of nitrogens with one attached hydrogen (secondary N) is 2. The third-order valence-electron chi connectivity index (χ3n) is 3.53. The number of hydrogen-bond acceptors (Lipinski definition) is 8. The third-order valence-corrected chi connectivity index (χ3v) is 5.25. The molecule has 0 aliphatic heterocycles. The van der Waals surface area contributed by atoms with Crippen molar-refractivity contribution in [2.75, 3.05) is 18.7 Å². The van der Waals surface area contributed by atoms with Crippen LogP contribution in [0.4, 0.5) is 11.6 Å². The van der Waals surface area contributed by atoms with Gasteiger partial charge in [0.25, 0.3) is 0 Å². The van der Waals surface area contributed by atoms with Gasteiger partial charge in [-0.2, -0.15) is 4.98 Å². The summed E-state index contributed by atoms with van der Waals surface area (Å²) in [5, 5.41) is 12.6. The van der Waals surface area contributed by atoms with Crippen LogP contribution in [0.3, 0.4) is 0 Å². The number of rotatable bonds is 7. The summed E-state index contributed by atoms with van der Waals surface area (Å²) in [6, 6.07) is 4.86. The molecule has 0 amide bonds. The summed E-state index contributed by atoms with van der Waals surface area (Å²) in [6.45, 7) is 3.36. The number of methoxy groups -OCH3 is 1. The van der Waals surface area contributed by atoms with E-state index in [9.17, 15) is 9.32 Å². The first kappa shape index (κ1) is 20.4. The molecule has 1 heterocycles. The van der Waals surface area contributed by atoms with Crippen molar-refractivity contribution in [3.05, 3.63) is 28.9 Å². The fourth-order valence-corrected chi connectivity index (χ4v) is 3.10. The highest BCUT2D eigenvalue weighted by atomic mass is 79.9. The molecule has 26 heavy (non-hydrogen) atoms. The van der Waals surface area contributed by atoms with Crippen LogP contribution < -0.4 is 14.8 Å². The van der Waals surface area contributed by atoms with Crippen molar-refractivity contribution < 1.29 is 18.8 Å². The summed E-state index contributed by atoms with van der Waals surface area (Å²) < 4.78 is 31.1. The predicted octanol–water partition coefficient (Wildman–Crippen LogP) is 3.17. The summed E-state index contributed by atoms with van der Waals surface area (Å²) in [4.78, 5) is 8.76. The topological polar surface area (TPSA) is 117 Å². The number of halogens is 1. The lowest BCUT2D eigenvalue weighted by Gasteiger charge is -2.17. The number of aliphatic hydroxyl groups is 1. The molecule has 1 unspecified atom stereocenters. The minimum atomic E-state index is -2.90. The standard InChI is InChI=1S/C16H21BrN4O4S/c1-9(22)10(2)25-15-12(17)8-19-16(21-15)20-11-5-6-14(26(4,18)23)13(7-11)24-3/h5-10,18,22H,1-4H3,(H,19,20,21)/t9-,10-,26?/m1/s1. The Morgan fingerprint density at radius 1 is 1.38 bits per heavy atom. The number of anilines is 2. The van der Waals surface area contributed by atoms with E-state index in [1.165, 1.54) is 19.6 Å². The zero-order valence-corrected chi connectivity index (χ0v) is 17.2. The van der Waals surface area contributed by atoms with Crippen LogP contribution >= 0.6 is 15.9 Å². The van der Waals surface area contributed by atoms with Gasteiger partial charge >= 0.3 is 0 Å². The molecule has 142 valence electrons. The second-order valence-electron chi connectivity index (χ2n) is 5.74. The van der Waals surface area contributed by atoms with Crippen LogP contribution in [0.15, 0.2) is 33.8 Å². The highest BCUT2D eigenvalue weighted by Crippen LogP contribution is 2.30. The van der Waals surface area contributed by atoms with Crippen molar-refractivity contribution in [1.29, 1.82) is 4.78 Å². The molecule has 1 aromatic heterocycles. The summed E-state index contributed by atoms with van der Waals surface area (Å²) in [6.07, 6.45) is 1.78. The smallest absolute Gasteiger partial charge is 0.233 e.